The third kappa shape index (κ3) is 5.58. The Morgan fingerprint density at radius 2 is 1.84 bits per heavy atom. The van der Waals surface area contributed by atoms with Gasteiger partial charge in [-0.1, -0.05) is 30.3 Å². The second-order valence-electron chi connectivity index (χ2n) is 7.46. The molecule has 0 bridgehead atoms. The largest absolute Gasteiger partial charge is 0.494 e. The SMILES string of the molecule is COP(=O)(CCCOc1ccc2c(c1)c(CC(=O)NN)c(C)n2Cc1ccccc1)OC. The highest BCUT2D eigenvalue weighted by Crippen LogP contribution is 2.46. The number of fused-ring (bicyclic) bond motifs is 1. The lowest BCUT2D eigenvalue weighted by Crippen LogP contribution is -2.31. The lowest BCUT2D eigenvalue weighted by molar-refractivity contribution is -0.120. The maximum Gasteiger partial charge on any atom is 0.330 e. The Morgan fingerprint density at radius 3 is 2.50 bits per heavy atom. The molecule has 0 aliphatic carbocycles. The van der Waals surface area contributed by atoms with Crippen LogP contribution < -0.4 is 16.0 Å². The molecule has 1 amide bonds. The zero-order valence-electron chi connectivity index (χ0n) is 18.7. The molecule has 1 aromatic heterocycles. The molecule has 0 aliphatic rings. The predicted molar refractivity (Wildman–Crippen MR) is 125 cm³/mol. The highest BCUT2D eigenvalue weighted by molar-refractivity contribution is 7.53. The van der Waals surface area contributed by atoms with E-state index in [1.54, 1.807) is 0 Å². The van der Waals surface area contributed by atoms with E-state index in [4.69, 9.17) is 19.6 Å². The van der Waals surface area contributed by atoms with E-state index in [0.29, 0.717) is 25.3 Å². The number of hydrogen-bond donors (Lipinski definition) is 2. The van der Waals surface area contributed by atoms with Gasteiger partial charge in [0, 0.05) is 37.4 Å². The number of benzene rings is 2. The summed E-state index contributed by atoms with van der Waals surface area (Å²) in [5, 5.41) is 0.944. The van der Waals surface area contributed by atoms with Gasteiger partial charge in [-0.3, -0.25) is 14.8 Å². The van der Waals surface area contributed by atoms with Crippen LogP contribution in [0.25, 0.3) is 10.9 Å². The molecule has 0 saturated heterocycles. The number of rotatable bonds is 11. The minimum absolute atomic E-state index is 0.176. The molecular weight excluding hydrogens is 429 g/mol. The van der Waals surface area contributed by atoms with Crippen molar-refractivity contribution in [2.45, 2.75) is 26.3 Å². The first-order valence-electron chi connectivity index (χ1n) is 10.4. The fourth-order valence-corrected chi connectivity index (χ4v) is 4.76. The highest BCUT2D eigenvalue weighted by atomic mass is 31.2. The lowest BCUT2D eigenvalue weighted by Gasteiger charge is -2.13. The van der Waals surface area contributed by atoms with Gasteiger partial charge in [0.25, 0.3) is 0 Å². The molecule has 3 rings (SSSR count). The van der Waals surface area contributed by atoms with Crippen molar-refractivity contribution >= 4 is 24.4 Å². The van der Waals surface area contributed by atoms with Crippen molar-refractivity contribution in [1.82, 2.24) is 9.99 Å². The molecule has 0 unspecified atom stereocenters. The number of nitrogens with two attached hydrogens (primary N) is 1. The average Bonchev–Trinajstić information content (AvgIpc) is 3.07. The summed E-state index contributed by atoms with van der Waals surface area (Å²) in [4.78, 5) is 12.1. The van der Waals surface area contributed by atoms with Crippen LogP contribution in [0.4, 0.5) is 0 Å². The van der Waals surface area contributed by atoms with Crippen molar-refractivity contribution < 1.29 is 23.1 Å². The van der Waals surface area contributed by atoms with Gasteiger partial charge in [-0.15, -0.1) is 0 Å². The maximum atomic E-state index is 12.2. The molecule has 2 aromatic carbocycles. The molecule has 0 saturated carbocycles. The van der Waals surface area contributed by atoms with Gasteiger partial charge < -0.3 is 18.4 Å². The number of carbonyl (C=O) groups is 1. The summed E-state index contributed by atoms with van der Waals surface area (Å²) in [5.74, 6) is 5.76. The quantitative estimate of drug-likeness (QED) is 0.149. The summed E-state index contributed by atoms with van der Waals surface area (Å²) >= 11 is 0. The molecular formula is C23H30N3O5P. The molecule has 32 heavy (non-hydrogen) atoms. The number of ether oxygens (including phenoxy) is 1. The topological polar surface area (TPSA) is 105 Å². The van der Waals surface area contributed by atoms with Crippen molar-refractivity contribution in [3.8, 4) is 5.75 Å². The third-order valence-electron chi connectivity index (χ3n) is 5.51. The molecule has 3 aromatic rings. The van der Waals surface area contributed by atoms with Gasteiger partial charge in [0.2, 0.25) is 5.91 Å². The Kier molecular flexibility index (Phi) is 8.10. The van der Waals surface area contributed by atoms with Gasteiger partial charge in [-0.2, -0.15) is 0 Å². The molecule has 9 heteroatoms. The standard InChI is InChI=1S/C23H30N3O5P/c1-17-20(15-23(27)25-24)21-14-19(31-12-7-13-32(28,29-2)30-3)10-11-22(21)26(17)16-18-8-5-4-6-9-18/h4-6,8-11,14H,7,12-13,15-16,24H2,1-3H3,(H,25,27). The number of hydrazine groups is 1. The summed E-state index contributed by atoms with van der Waals surface area (Å²) in [6.07, 6.45) is 0.971. The van der Waals surface area contributed by atoms with Gasteiger partial charge in [0.05, 0.1) is 19.2 Å². The maximum absolute atomic E-state index is 12.2. The summed E-state index contributed by atoms with van der Waals surface area (Å²) in [5.41, 5.74) is 6.32. The van der Waals surface area contributed by atoms with Crippen molar-refractivity contribution in [2.75, 3.05) is 27.0 Å². The third-order valence-corrected chi connectivity index (χ3v) is 7.49. The van der Waals surface area contributed by atoms with Crippen molar-refractivity contribution in [3.05, 3.63) is 65.4 Å². The lowest BCUT2D eigenvalue weighted by atomic mass is 10.1. The Hall–Kier alpha value is -2.64. The first kappa shape index (κ1) is 24.0. The van der Waals surface area contributed by atoms with Crippen molar-refractivity contribution in [3.63, 3.8) is 0 Å². The van der Waals surface area contributed by atoms with Gasteiger partial charge >= 0.3 is 7.60 Å². The number of hydrogen-bond acceptors (Lipinski definition) is 6. The number of nitrogens with zero attached hydrogens (tertiary/aromatic N) is 1. The molecule has 0 atom stereocenters. The second-order valence-corrected chi connectivity index (χ2v) is 9.86. The van der Waals surface area contributed by atoms with Crippen LogP contribution in [0.1, 0.15) is 23.2 Å². The van der Waals surface area contributed by atoms with E-state index >= 15 is 0 Å². The number of carbonyl (C=O) groups excluding carboxylic acids is 1. The van der Waals surface area contributed by atoms with Gasteiger partial charge in [0.1, 0.15) is 5.75 Å². The second kappa shape index (κ2) is 10.8. The monoisotopic (exact) mass is 459 g/mol. The van der Waals surface area contributed by atoms with Crippen molar-refractivity contribution in [2.24, 2.45) is 5.84 Å². The number of amides is 1. The summed E-state index contributed by atoms with van der Waals surface area (Å²) < 4.78 is 30.1. The van der Waals surface area contributed by atoms with Crippen LogP contribution in [0.3, 0.4) is 0 Å². The van der Waals surface area contributed by atoms with Crippen LogP contribution in [0.2, 0.25) is 0 Å². The summed E-state index contributed by atoms with van der Waals surface area (Å²) in [7, 11) is -0.294. The Bertz CT molecular complexity index is 1110. The van der Waals surface area contributed by atoms with Crippen LogP contribution in [-0.4, -0.2) is 37.5 Å². The van der Waals surface area contributed by atoms with E-state index in [9.17, 15) is 9.36 Å². The normalized spacial score (nSPS) is 11.6. The number of aromatic nitrogens is 1. The predicted octanol–water partition coefficient (Wildman–Crippen LogP) is 3.79. The Labute approximate surface area is 188 Å². The zero-order valence-corrected chi connectivity index (χ0v) is 19.6. The molecule has 3 N–H and O–H groups in total. The molecule has 0 spiro atoms. The fourth-order valence-electron chi connectivity index (χ4n) is 3.73. The van der Waals surface area contributed by atoms with Crippen LogP contribution in [-0.2, 0) is 31.4 Å². The first-order valence-corrected chi connectivity index (χ1v) is 12.1. The minimum Gasteiger partial charge on any atom is -0.494 e. The van der Waals surface area contributed by atoms with Crippen LogP contribution in [0.15, 0.2) is 48.5 Å². The minimum atomic E-state index is -3.05. The molecule has 0 fully saturated rings. The number of nitrogens with one attached hydrogen (secondary N) is 1. The van der Waals surface area contributed by atoms with Gasteiger partial charge in [0.15, 0.2) is 0 Å². The molecule has 0 radical (unpaired) electrons. The Balaban J connectivity index is 1.86. The molecule has 8 nitrogen and oxygen atoms in total. The molecule has 172 valence electrons. The summed E-state index contributed by atoms with van der Waals surface area (Å²) in [6, 6.07) is 16.0. The van der Waals surface area contributed by atoms with Crippen LogP contribution in [0.5, 0.6) is 5.75 Å². The Morgan fingerprint density at radius 1 is 1.12 bits per heavy atom. The molecule has 0 aliphatic heterocycles. The van der Waals surface area contributed by atoms with E-state index in [-0.39, 0.29) is 18.5 Å². The first-order chi connectivity index (χ1) is 15.4. The zero-order chi connectivity index (χ0) is 23.1. The van der Waals surface area contributed by atoms with E-state index in [1.807, 2.05) is 43.3 Å². The smallest absolute Gasteiger partial charge is 0.330 e. The van der Waals surface area contributed by atoms with Crippen LogP contribution in [0, 0.1) is 6.92 Å². The van der Waals surface area contributed by atoms with E-state index in [0.717, 1.165) is 22.2 Å². The van der Waals surface area contributed by atoms with E-state index in [1.165, 1.54) is 19.8 Å². The average molecular weight is 459 g/mol. The van der Waals surface area contributed by atoms with Gasteiger partial charge in [-0.05, 0) is 42.7 Å². The fraction of sp³-hybridized carbons (Fsp3) is 0.348. The van der Waals surface area contributed by atoms with Crippen LogP contribution >= 0.6 is 7.60 Å². The summed E-state index contributed by atoms with van der Waals surface area (Å²) in [6.45, 7) is 3.07. The highest BCUT2D eigenvalue weighted by Gasteiger charge is 2.20. The van der Waals surface area contributed by atoms with E-state index in [2.05, 4.69) is 22.1 Å². The molecule has 1 heterocycles. The van der Waals surface area contributed by atoms with E-state index < -0.39 is 7.60 Å². The van der Waals surface area contributed by atoms with Gasteiger partial charge in [-0.25, -0.2) is 5.84 Å². The van der Waals surface area contributed by atoms with Crippen molar-refractivity contribution in [1.29, 1.82) is 0 Å².